The highest BCUT2D eigenvalue weighted by Gasteiger charge is 2.31. The minimum absolute atomic E-state index is 0.100. The molecule has 1 rings (SSSR count). The number of hydrogen-bond donors (Lipinski definition) is 2. The predicted octanol–water partition coefficient (Wildman–Crippen LogP) is 2.20. The van der Waals surface area contributed by atoms with Crippen LogP contribution in [0.15, 0.2) is 36.4 Å². The van der Waals surface area contributed by atoms with Gasteiger partial charge in [-0.2, -0.15) is 0 Å². The van der Waals surface area contributed by atoms with Gasteiger partial charge in [-0.1, -0.05) is 18.7 Å². The first-order valence-corrected chi connectivity index (χ1v) is 6.10. The molecule has 0 saturated heterocycles. The summed E-state index contributed by atoms with van der Waals surface area (Å²) in [6.45, 7) is 5.44. The van der Waals surface area contributed by atoms with Gasteiger partial charge in [-0.15, -0.1) is 0 Å². The maximum Gasteiger partial charge on any atom is 0.308 e. The molecular weight excluding hydrogens is 244 g/mol. The van der Waals surface area contributed by atoms with Crippen molar-refractivity contribution in [3.8, 4) is 5.75 Å². The minimum atomic E-state index is -1.26. The number of aryl methyl sites for hydroxylation is 1. The molecule has 0 aliphatic carbocycles. The van der Waals surface area contributed by atoms with Crippen molar-refractivity contribution in [1.82, 2.24) is 0 Å². The second-order valence-electron chi connectivity index (χ2n) is 4.73. The number of carbonyl (C=O) groups excluding carboxylic acids is 1. The number of phenolic OH excluding ortho intramolecular Hbond substituents is 1. The lowest BCUT2D eigenvalue weighted by molar-refractivity contribution is -0.145. The van der Waals surface area contributed by atoms with E-state index in [0.29, 0.717) is 18.4 Å². The highest BCUT2D eigenvalue weighted by atomic mass is 16.5. The summed E-state index contributed by atoms with van der Waals surface area (Å²) in [6.07, 6.45) is 0.861. The van der Waals surface area contributed by atoms with Crippen molar-refractivity contribution in [2.45, 2.75) is 31.8 Å². The van der Waals surface area contributed by atoms with Gasteiger partial charge in [-0.25, -0.2) is 0 Å². The van der Waals surface area contributed by atoms with Gasteiger partial charge in [-0.05, 0) is 43.0 Å². The second-order valence-corrected chi connectivity index (χ2v) is 4.73. The lowest BCUT2D eigenvalue weighted by Gasteiger charge is -2.27. The average molecular weight is 264 g/mol. The normalized spacial score (nSPS) is 13.6. The van der Waals surface area contributed by atoms with Crippen LogP contribution in [0.5, 0.6) is 5.75 Å². The Morgan fingerprint density at radius 3 is 2.42 bits per heavy atom. The van der Waals surface area contributed by atoms with Crippen molar-refractivity contribution in [3.05, 3.63) is 42.0 Å². The van der Waals surface area contributed by atoms with Crippen LogP contribution in [0.2, 0.25) is 0 Å². The van der Waals surface area contributed by atoms with E-state index in [1.165, 1.54) is 7.11 Å². The molecule has 19 heavy (non-hydrogen) atoms. The maximum atomic E-state index is 11.3. The zero-order valence-electron chi connectivity index (χ0n) is 11.3. The summed E-state index contributed by atoms with van der Waals surface area (Å²) in [7, 11) is 1.29. The molecule has 0 saturated carbocycles. The predicted molar refractivity (Wildman–Crippen MR) is 72.8 cm³/mol. The van der Waals surface area contributed by atoms with Crippen LogP contribution in [0.25, 0.3) is 0 Å². The summed E-state index contributed by atoms with van der Waals surface area (Å²) < 4.78 is 4.59. The molecule has 2 N–H and O–H groups in total. The number of carbonyl (C=O) groups is 1. The largest absolute Gasteiger partial charge is 0.508 e. The van der Waals surface area contributed by atoms with Gasteiger partial charge in [-0.3, -0.25) is 4.79 Å². The summed E-state index contributed by atoms with van der Waals surface area (Å²) in [6, 6.07) is 6.75. The number of esters is 1. The molecule has 4 heteroatoms. The molecule has 0 bridgehead atoms. The van der Waals surface area contributed by atoms with Gasteiger partial charge < -0.3 is 14.9 Å². The Morgan fingerprint density at radius 2 is 1.95 bits per heavy atom. The molecule has 0 radical (unpaired) electrons. The maximum absolute atomic E-state index is 11.3. The number of methoxy groups -OCH3 is 1. The summed E-state index contributed by atoms with van der Waals surface area (Å²) >= 11 is 0. The van der Waals surface area contributed by atoms with E-state index in [0.717, 1.165) is 5.56 Å². The van der Waals surface area contributed by atoms with E-state index in [4.69, 9.17) is 0 Å². The summed E-state index contributed by atoms with van der Waals surface area (Å²) in [5, 5.41) is 19.7. The minimum Gasteiger partial charge on any atom is -0.508 e. The Kier molecular flexibility index (Phi) is 5.12. The van der Waals surface area contributed by atoms with E-state index >= 15 is 0 Å². The summed E-state index contributed by atoms with van der Waals surface area (Å²) in [5.74, 6) is -0.260. The van der Waals surface area contributed by atoms with Crippen LogP contribution in [-0.2, 0) is 16.0 Å². The van der Waals surface area contributed by atoms with Gasteiger partial charge in [0.15, 0.2) is 0 Å². The number of aromatic hydroxyl groups is 1. The van der Waals surface area contributed by atoms with Crippen molar-refractivity contribution in [2.24, 2.45) is 0 Å². The number of hydrogen-bond acceptors (Lipinski definition) is 4. The van der Waals surface area contributed by atoms with E-state index in [2.05, 4.69) is 11.3 Å². The van der Waals surface area contributed by atoms with Gasteiger partial charge >= 0.3 is 5.97 Å². The van der Waals surface area contributed by atoms with E-state index in [1.54, 1.807) is 31.2 Å². The average Bonchev–Trinajstić information content (AvgIpc) is 2.37. The molecule has 0 aliphatic heterocycles. The van der Waals surface area contributed by atoms with Crippen molar-refractivity contribution in [2.75, 3.05) is 7.11 Å². The molecule has 0 aromatic heterocycles. The lowest BCUT2D eigenvalue weighted by atomic mass is 9.86. The first kappa shape index (κ1) is 15.2. The van der Waals surface area contributed by atoms with Crippen LogP contribution in [0, 0.1) is 0 Å². The molecule has 4 nitrogen and oxygen atoms in total. The van der Waals surface area contributed by atoms with Crippen molar-refractivity contribution in [1.29, 1.82) is 0 Å². The third-order valence-electron chi connectivity index (χ3n) is 3.22. The van der Waals surface area contributed by atoms with Gasteiger partial charge in [0.1, 0.15) is 5.75 Å². The quantitative estimate of drug-likeness (QED) is 0.610. The fourth-order valence-corrected chi connectivity index (χ4v) is 1.78. The molecule has 0 aliphatic rings. The first-order valence-electron chi connectivity index (χ1n) is 6.10. The Hall–Kier alpha value is -1.81. The Balaban J connectivity index is 2.71. The zero-order chi connectivity index (χ0) is 14.5. The van der Waals surface area contributed by atoms with Crippen LogP contribution in [0.1, 0.15) is 25.3 Å². The Morgan fingerprint density at radius 1 is 1.37 bits per heavy atom. The number of rotatable bonds is 6. The number of aliphatic hydroxyl groups is 1. The molecule has 0 spiro atoms. The Labute approximate surface area is 113 Å². The zero-order valence-corrected chi connectivity index (χ0v) is 11.3. The topological polar surface area (TPSA) is 66.8 Å². The van der Waals surface area contributed by atoms with Crippen LogP contribution in [-0.4, -0.2) is 28.9 Å². The van der Waals surface area contributed by atoms with Crippen molar-refractivity contribution < 1.29 is 19.7 Å². The monoisotopic (exact) mass is 264 g/mol. The molecule has 0 fully saturated rings. The third kappa shape index (κ3) is 4.41. The van der Waals surface area contributed by atoms with Crippen LogP contribution in [0.3, 0.4) is 0 Å². The second kappa shape index (κ2) is 6.38. The SMILES string of the molecule is C=C(C)[C@](O)(CCc1ccc(O)cc1)CC(=O)OC. The molecule has 0 heterocycles. The summed E-state index contributed by atoms with van der Waals surface area (Å²) in [4.78, 5) is 11.3. The van der Waals surface area contributed by atoms with Crippen molar-refractivity contribution >= 4 is 5.97 Å². The first-order chi connectivity index (χ1) is 8.87. The molecule has 0 amide bonds. The van der Waals surface area contributed by atoms with E-state index < -0.39 is 11.6 Å². The van der Waals surface area contributed by atoms with Gasteiger partial charge in [0.2, 0.25) is 0 Å². The van der Waals surface area contributed by atoms with Crippen molar-refractivity contribution in [3.63, 3.8) is 0 Å². The van der Waals surface area contributed by atoms with E-state index in [9.17, 15) is 15.0 Å². The molecule has 104 valence electrons. The highest BCUT2D eigenvalue weighted by Crippen LogP contribution is 2.26. The standard InChI is InChI=1S/C15H20O4/c1-11(2)15(18,10-14(17)19-3)9-8-12-4-6-13(16)7-5-12/h4-7,16,18H,1,8-10H2,2-3H3/t15-/m0/s1. The van der Waals surface area contributed by atoms with Gasteiger partial charge in [0.25, 0.3) is 0 Å². The van der Waals surface area contributed by atoms with Crippen LogP contribution >= 0.6 is 0 Å². The lowest BCUT2D eigenvalue weighted by Crippen LogP contribution is -2.34. The summed E-state index contributed by atoms with van der Waals surface area (Å²) in [5.41, 5.74) is 0.254. The molecular formula is C15H20O4. The molecule has 0 unspecified atom stereocenters. The molecule has 1 aromatic rings. The highest BCUT2D eigenvalue weighted by molar-refractivity contribution is 5.71. The van der Waals surface area contributed by atoms with Gasteiger partial charge in [0.05, 0.1) is 19.1 Å². The molecule has 1 atom stereocenters. The molecule has 1 aromatic carbocycles. The fourth-order valence-electron chi connectivity index (χ4n) is 1.78. The fraction of sp³-hybridized carbons (Fsp3) is 0.400. The number of phenols is 1. The smallest absolute Gasteiger partial charge is 0.308 e. The van der Waals surface area contributed by atoms with Crippen LogP contribution < -0.4 is 0 Å². The Bertz CT molecular complexity index is 450. The van der Waals surface area contributed by atoms with Crippen LogP contribution in [0.4, 0.5) is 0 Å². The number of benzene rings is 1. The third-order valence-corrected chi connectivity index (χ3v) is 3.22. The number of ether oxygens (including phenoxy) is 1. The van der Waals surface area contributed by atoms with Gasteiger partial charge in [0, 0.05) is 0 Å². The van der Waals surface area contributed by atoms with E-state index in [-0.39, 0.29) is 12.2 Å². The van der Waals surface area contributed by atoms with E-state index in [1.807, 2.05) is 0 Å².